The zero-order valence-corrected chi connectivity index (χ0v) is 15.7. The molecule has 2 aromatic rings. The molecule has 0 bridgehead atoms. The van der Waals surface area contributed by atoms with E-state index in [0.717, 1.165) is 18.5 Å². The number of carbonyl (C=O) groups excluding carboxylic acids is 2. The minimum Gasteiger partial charge on any atom is -0.466 e. The lowest BCUT2D eigenvalue weighted by molar-refractivity contribution is -0.148. The number of hydrazine groups is 1. The van der Waals surface area contributed by atoms with Crippen LogP contribution in [0.5, 0.6) is 0 Å². The molecule has 1 saturated heterocycles. The monoisotopic (exact) mass is 366 g/mol. The van der Waals surface area contributed by atoms with Gasteiger partial charge in [-0.15, -0.1) is 0 Å². The summed E-state index contributed by atoms with van der Waals surface area (Å²) in [6.07, 6.45) is 0.754. The Balaban J connectivity index is 1.72. The van der Waals surface area contributed by atoms with Crippen molar-refractivity contribution < 1.29 is 14.3 Å². The van der Waals surface area contributed by atoms with Crippen molar-refractivity contribution >= 4 is 11.8 Å². The van der Waals surface area contributed by atoms with Crippen LogP contribution in [0.3, 0.4) is 0 Å². The lowest BCUT2D eigenvalue weighted by Crippen LogP contribution is -2.44. The fraction of sp³-hybridized carbons (Fsp3) is 0.364. The van der Waals surface area contributed by atoms with Gasteiger partial charge in [-0.3, -0.25) is 9.59 Å². The first-order valence-electron chi connectivity index (χ1n) is 9.46. The molecule has 0 radical (unpaired) electrons. The highest BCUT2D eigenvalue weighted by Crippen LogP contribution is 2.21. The summed E-state index contributed by atoms with van der Waals surface area (Å²) in [4.78, 5) is 24.8. The number of rotatable bonds is 8. The van der Waals surface area contributed by atoms with Crippen molar-refractivity contribution in [2.24, 2.45) is 5.92 Å². The number of esters is 1. The van der Waals surface area contributed by atoms with Crippen LogP contribution in [0.4, 0.5) is 0 Å². The van der Waals surface area contributed by atoms with E-state index in [0.29, 0.717) is 25.3 Å². The molecule has 3 rings (SSSR count). The fourth-order valence-corrected chi connectivity index (χ4v) is 3.38. The number of benzene rings is 2. The van der Waals surface area contributed by atoms with E-state index in [4.69, 9.17) is 4.74 Å². The zero-order chi connectivity index (χ0) is 19.1. The average molecular weight is 366 g/mol. The van der Waals surface area contributed by atoms with Crippen LogP contribution in [0.1, 0.15) is 29.3 Å². The summed E-state index contributed by atoms with van der Waals surface area (Å²) in [5, 5.41) is 4.18. The molecular formula is C22H26N2O3. The van der Waals surface area contributed by atoms with E-state index in [9.17, 15) is 9.59 Å². The number of hydrogen-bond acceptors (Lipinski definition) is 5. The molecule has 2 aromatic carbocycles. The van der Waals surface area contributed by atoms with Crippen LogP contribution in [-0.2, 0) is 16.1 Å². The predicted molar refractivity (Wildman–Crippen MR) is 104 cm³/mol. The molecule has 0 unspecified atom stereocenters. The average Bonchev–Trinajstić information content (AvgIpc) is 3.19. The molecule has 27 heavy (non-hydrogen) atoms. The molecule has 0 spiro atoms. The summed E-state index contributed by atoms with van der Waals surface area (Å²) >= 11 is 0. The minimum atomic E-state index is -0.144. The van der Waals surface area contributed by atoms with Crippen molar-refractivity contribution in [3.8, 4) is 0 Å². The van der Waals surface area contributed by atoms with Crippen LogP contribution < -0.4 is 0 Å². The number of nitrogens with zero attached hydrogens (tertiary/aromatic N) is 2. The van der Waals surface area contributed by atoms with Crippen molar-refractivity contribution in [3.05, 3.63) is 71.8 Å². The summed E-state index contributed by atoms with van der Waals surface area (Å²) in [5.41, 5.74) is 1.84. The molecule has 0 saturated carbocycles. The molecule has 1 fully saturated rings. The van der Waals surface area contributed by atoms with E-state index in [1.165, 1.54) is 0 Å². The first kappa shape index (κ1) is 19.3. The zero-order valence-electron chi connectivity index (χ0n) is 15.7. The number of ketones is 1. The standard InChI is InChI=1S/C22H26N2O3/c1-2-27-22(26)20-13-14-23(16-20)24(15-18-9-5-3-6-10-18)17-21(25)19-11-7-4-8-12-19/h3-12,20H,2,13-17H2,1H3/t20-/m1/s1. The number of Topliss-reactive ketones (excluding diaryl/α,β-unsaturated/α-hetero) is 1. The third-order valence-corrected chi connectivity index (χ3v) is 4.82. The van der Waals surface area contributed by atoms with Gasteiger partial charge in [0.2, 0.25) is 0 Å². The molecule has 0 N–H and O–H groups in total. The molecule has 1 aliphatic rings. The molecule has 0 aliphatic carbocycles. The Labute approximate surface area is 160 Å². The molecule has 1 aliphatic heterocycles. The van der Waals surface area contributed by atoms with Gasteiger partial charge in [0.15, 0.2) is 5.78 Å². The number of hydrogen-bond donors (Lipinski definition) is 0. The van der Waals surface area contributed by atoms with Gasteiger partial charge in [-0.05, 0) is 18.9 Å². The van der Waals surface area contributed by atoms with Gasteiger partial charge >= 0.3 is 5.97 Å². The molecule has 1 atom stereocenters. The maximum absolute atomic E-state index is 12.8. The lowest BCUT2D eigenvalue weighted by Gasteiger charge is -2.31. The predicted octanol–water partition coefficient (Wildman–Crippen LogP) is 3.17. The van der Waals surface area contributed by atoms with Crippen LogP contribution in [0.2, 0.25) is 0 Å². The maximum Gasteiger partial charge on any atom is 0.310 e. The smallest absolute Gasteiger partial charge is 0.310 e. The fourth-order valence-electron chi connectivity index (χ4n) is 3.38. The van der Waals surface area contributed by atoms with Gasteiger partial charge < -0.3 is 4.74 Å². The van der Waals surface area contributed by atoms with Gasteiger partial charge in [-0.1, -0.05) is 60.7 Å². The van der Waals surface area contributed by atoms with Crippen molar-refractivity contribution in [1.82, 2.24) is 10.0 Å². The highest BCUT2D eigenvalue weighted by atomic mass is 16.5. The Bertz CT molecular complexity index is 749. The Hall–Kier alpha value is -2.50. The Morgan fingerprint density at radius 2 is 1.74 bits per heavy atom. The summed E-state index contributed by atoms with van der Waals surface area (Å²) in [6.45, 7) is 4.48. The van der Waals surface area contributed by atoms with Crippen LogP contribution in [0.25, 0.3) is 0 Å². The van der Waals surface area contributed by atoms with E-state index in [2.05, 4.69) is 22.2 Å². The first-order valence-corrected chi connectivity index (χ1v) is 9.46. The molecule has 0 amide bonds. The normalized spacial score (nSPS) is 17.2. The van der Waals surface area contributed by atoms with Crippen molar-refractivity contribution in [1.29, 1.82) is 0 Å². The Morgan fingerprint density at radius 3 is 2.41 bits per heavy atom. The molecule has 5 heteroatoms. The van der Waals surface area contributed by atoms with Gasteiger partial charge in [0.1, 0.15) is 0 Å². The first-order chi connectivity index (χ1) is 13.2. The second-order valence-electron chi connectivity index (χ2n) is 6.75. The van der Waals surface area contributed by atoms with Crippen molar-refractivity contribution in [3.63, 3.8) is 0 Å². The largest absolute Gasteiger partial charge is 0.466 e. The number of ether oxygens (including phenoxy) is 1. The molecule has 0 aromatic heterocycles. The van der Waals surface area contributed by atoms with E-state index in [1.807, 2.05) is 55.5 Å². The summed E-state index contributed by atoms with van der Waals surface area (Å²) in [5.74, 6) is -0.199. The van der Waals surface area contributed by atoms with Crippen LogP contribution in [-0.4, -0.2) is 48.0 Å². The van der Waals surface area contributed by atoms with Gasteiger partial charge in [0.25, 0.3) is 0 Å². The lowest BCUT2D eigenvalue weighted by atomic mass is 10.1. The highest BCUT2D eigenvalue weighted by molar-refractivity contribution is 5.97. The number of carbonyl (C=O) groups is 2. The SMILES string of the molecule is CCOC(=O)[C@@H]1CCN(N(CC(=O)c2ccccc2)Cc2ccccc2)C1. The third kappa shape index (κ3) is 5.25. The molecule has 1 heterocycles. The molecule has 142 valence electrons. The quantitative estimate of drug-likeness (QED) is 0.531. The van der Waals surface area contributed by atoms with Crippen molar-refractivity contribution in [2.45, 2.75) is 19.9 Å². The van der Waals surface area contributed by atoms with Gasteiger partial charge in [0.05, 0.1) is 19.1 Å². The Kier molecular flexibility index (Phi) is 6.74. The topological polar surface area (TPSA) is 49.9 Å². The Morgan fingerprint density at radius 1 is 1.07 bits per heavy atom. The maximum atomic E-state index is 12.8. The van der Waals surface area contributed by atoms with E-state index >= 15 is 0 Å². The van der Waals surface area contributed by atoms with Gasteiger partial charge in [-0.2, -0.15) is 0 Å². The van der Waals surface area contributed by atoms with Crippen LogP contribution >= 0.6 is 0 Å². The van der Waals surface area contributed by atoms with E-state index in [-0.39, 0.29) is 24.2 Å². The summed E-state index contributed by atoms with van der Waals surface area (Å²) in [6, 6.07) is 19.4. The molecule has 5 nitrogen and oxygen atoms in total. The summed E-state index contributed by atoms with van der Waals surface area (Å²) in [7, 11) is 0. The van der Waals surface area contributed by atoms with Crippen LogP contribution in [0, 0.1) is 5.92 Å². The second kappa shape index (κ2) is 9.44. The van der Waals surface area contributed by atoms with Gasteiger partial charge in [-0.25, -0.2) is 10.0 Å². The van der Waals surface area contributed by atoms with E-state index in [1.54, 1.807) is 0 Å². The van der Waals surface area contributed by atoms with Crippen molar-refractivity contribution in [2.75, 3.05) is 26.2 Å². The highest BCUT2D eigenvalue weighted by Gasteiger charge is 2.33. The van der Waals surface area contributed by atoms with Crippen LogP contribution in [0.15, 0.2) is 60.7 Å². The van der Waals surface area contributed by atoms with E-state index < -0.39 is 0 Å². The minimum absolute atomic E-state index is 0.0751. The second-order valence-corrected chi connectivity index (χ2v) is 6.75. The summed E-state index contributed by atoms with van der Waals surface area (Å²) < 4.78 is 5.17. The van der Waals surface area contributed by atoms with Gasteiger partial charge in [0, 0.05) is 25.2 Å². The molecular weight excluding hydrogens is 340 g/mol. The third-order valence-electron chi connectivity index (χ3n) is 4.82.